The van der Waals surface area contributed by atoms with Gasteiger partial charge in [0, 0.05) is 13.1 Å². The van der Waals surface area contributed by atoms with E-state index in [1.54, 1.807) is 0 Å². The lowest BCUT2D eigenvalue weighted by Gasteiger charge is -2.27. The Morgan fingerprint density at radius 2 is 1.12 bits per heavy atom. The van der Waals surface area contributed by atoms with Gasteiger partial charge in [0.1, 0.15) is 5.69 Å². The van der Waals surface area contributed by atoms with Gasteiger partial charge in [-0.2, -0.15) is 39.5 Å². The van der Waals surface area contributed by atoms with Crippen LogP contribution >= 0.6 is 23.2 Å². The van der Waals surface area contributed by atoms with Crippen LogP contribution in [0.3, 0.4) is 0 Å². The second-order valence-electron chi connectivity index (χ2n) is 6.38. The van der Waals surface area contributed by atoms with E-state index >= 15 is 0 Å². The van der Waals surface area contributed by atoms with Crippen molar-refractivity contribution in [1.29, 1.82) is 0 Å². The smallest absolute Gasteiger partial charge is 0.336 e. The van der Waals surface area contributed by atoms with Crippen molar-refractivity contribution in [1.82, 2.24) is 0 Å². The van der Waals surface area contributed by atoms with Gasteiger partial charge in [0.05, 0.1) is 48.3 Å². The molecule has 2 rings (SSSR count). The van der Waals surface area contributed by atoms with Gasteiger partial charge in [0.15, 0.2) is 0 Å². The minimum atomic E-state index is -5.59. The molecule has 7 nitrogen and oxygen atoms in total. The maximum absolute atomic E-state index is 13.7. The molecular formula is C16H6Cl2F9N3O4. The molecule has 0 saturated carbocycles. The molecule has 186 valence electrons. The molecule has 0 amide bonds. The SMILES string of the molecule is CN(c1c([N+](=O)[O-])cc([N+](=O)[O-])cc1C(F)(F)F)c1c(Cl)c(C(F)(F)F)cc(C(F)(F)F)c1Cl. The van der Waals surface area contributed by atoms with Crippen LogP contribution in [0.2, 0.25) is 10.0 Å². The topological polar surface area (TPSA) is 89.5 Å². The minimum Gasteiger partial charge on any atom is -0.336 e. The van der Waals surface area contributed by atoms with Gasteiger partial charge in [-0.3, -0.25) is 20.2 Å². The van der Waals surface area contributed by atoms with Gasteiger partial charge in [-0.1, -0.05) is 23.2 Å². The highest BCUT2D eigenvalue weighted by molar-refractivity contribution is 6.40. The van der Waals surface area contributed by atoms with Gasteiger partial charge < -0.3 is 4.90 Å². The molecule has 0 N–H and O–H groups in total. The van der Waals surface area contributed by atoms with Crippen LogP contribution in [0, 0.1) is 20.2 Å². The zero-order valence-corrected chi connectivity index (χ0v) is 17.4. The summed E-state index contributed by atoms with van der Waals surface area (Å²) in [4.78, 5) is 19.3. The fraction of sp³-hybridized carbons (Fsp3) is 0.250. The van der Waals surface area contributed by atoms with E-state index in [4.69, 9.17) is 23.2 Å². The first-order valence-corrected chi connectivity index (χ1v) is 8.89. The van der Waals surface area contributed by atoms with Crippen molar-refractivity contribution in [2.75, 3.05) is 11.9 Å². The number of benzene rings is 2. The van der Waals surface area contributed by atoms with Gasteiger partial charge in [-0.15, -0.1) is 0 Å². The summed E-state index contributed by atoms with van der Waals surface area (Å²) in [5.41, 5.74) is -12.6. The van der Waals surface area contributed by atoms with Crippen molar-refractivity contribution in [3.05, 3.63) is 65.2 Å². The van der Waals surface area contributed by atoms with Crippen LogP contribution in [0.4, 0.5) is 62.3 Å². The Morgan fingerprint density at radius 1 is 0.706 bits per heavy atom. The maximum atomic E-state index is 13.7. The van der Waals surface area contributed by atoms with Crippen LogP contribution in [0.1, 0.15) is 16.7 Å². The lowest BCUT2D eigenvalue weighted by Crippen LogP contribution is -2.22. The van der Waals surface area contributed by atoms with E-state index in [0.29, 0.717) is 7.05 Å². The Morgan fingerprint density at radius 3 is 1.44 bits per heavy atom. The molecule has 18 heteroatoms. The summed E-state index contributed by atoms with van der Waals surface area (Å²) in [5, 5.41) is 19.1. The normalized spacial score (nSPS) is 12.6. The molecular weight excluding hydrogens is 540 g/mol. The second kappa shape index (κ2) is 8.65. The van der Waals surface area contributed by atoms with Crippen LogP contribution in [0.15, 0.2) is 18.2 Å². The number of nitrogens with zero attached hydrogens (tertiary/aromatic N) is 3. The maximum Gasteiger partial charge on any atom is 0.418 e. The predicted octanol–water partition coefficient (Wildman–Crippen LogP) is 7.63. The molecule has 0 unspecified atom stereocenters. The number of alkyl halides is 9. The number of hydrogen-bond acceptors (Lipinski definition) is 5. The van der Waals surface area contributed by atoms with Crippen molar-refractivity contribution in [3.8, 4) is 0 Å². The van der Waals surface area contributed by atoms with Crippen molar-refractivity contribution in [2.24, 2.45) is 0 Å². The highest BCUT2D eigenvalue weighted by Crippen LogP contribution is 2.53. The Balaban J connectivity index is 3.09. The first-order chi connectivity index (χ1) is 15.2. The third-order valence-corrected chi connectivity index (χ3v) is 5.01. The number of halogens is 11. The van der Waals surface area contributed by atoms with Crippen LogP contribution in [0.25, 0.3) is 0 Å². The Kier molecular flexibility index (Phi) is 6.93. The highest BCUT2D eigenvalue weighted by Gasteiger charge is 2.45. The second-order valence-corrected chi connectivity index (χ2v) is 7.13. The fourth-order valence-corrected chi connectivity index (χ4v) is 3.67. The zero-order valence-electron chi connectivity index (χ0n) is 15.9. The predicted molar refractivity (Wildman–Crippen MR) is 99.3 cm³/mol. The number of nitro groups is 2. The average Bonchev–Trinajstić information content (AvgIpc) is 2.63. The number of hydrogen-bond donors (Lipinski definition) is 0. The van der Waals surface area contributed by atoms with Crippen molar-refractivity contribution >= 4 is 46.0 Å². The molecule has 2 aromatic carbocycles. The number of non-ortho nitro benzene ring substituents is 1. The summed E-state index contributed by atoms with van der Waals surface area (Å²) in [6.45, 7) is 0. The molecule has 34 heavy (non-hydrogen) atoms. The van der Waals surface area contributed by atoms with Gasteiger partial charge >= 0.3 is 18.5 Å². The van der Waals surface area contributed by atoms with Crippen LogP contribution in [-0.4, -0.2) is 16.9 Å². The summed E-state index contributed by atoms with van der Waals surface area (Å²) >= 11 is 11.1. The van der Waals surface area contributed by atoms with Crippen molar-refractivity contribution in [3.63, 3.8) is 0 Å². The average molecular weight is 546 g/mol. The van der Waals surface area contributed by atoms with Gasteiger partial charge in [0.2, 0.25) is 0 Å². The molecule has 0 aliphatic carbocycles. The van der Waals surface area contributed by atoms with Crippen molar-refractivity contribution in [2.45, 2.75) is 18.5 Å². The van der Waals surface area contributed by atoms with E-state index in [1.165, 1.54) is 0 Å². The Hall–Kier alpha value is -3.01. The summed E-state index contributed by atoms with van der Waals surface area (Å²) < 4.78 is 121. The third kappa shape index (κ3) is 5.06. The summed E-state index contributed by atoms with van der Waals surface area (Å²) in [5.74, 6) is 0. The Bertz CT molecular complexity index is 1140. The molecule has 0 atom stereocenters. The highest BCUT2D eigenvalue weighted by atomic mass is 35.5. The van der Waals surface area contributed by atoms with E-state index in [-0.39, 0.29) is 17.0 Å². The van der Waals surface area contributed by atoms with E-state index in [9.17, 15) is 59.7 Å². The minimum absolute atomic E-state index is 0.0428. The zero-order chi connectivity index (χ0) is 26.5. The summed E-state index contributed by atoms with van der Waals surface area (Å²) in [6.07, 6.45) is -16.7. The standard InChI is InChI=1S/C16H6Cl2F9N3O4/c1-28(12-8(16(25,26)27)2-5(29(31)32)3-9(12)30(33)34)13-10(17)6(14(19,20)21)4-7(11(13)18)15(22,23)24/h2-4H,1H3. The van der Waals surface area contributed by atoms with E-state index in [1.807, 2.05) is 0 Å². The monoisotopic (exact) mass is 545 g/mol. The van der Waals surface area contributed by atoms with Crippen LogP contribution in [-0.2, 0) is 18.5 Å². The molecule has 0 bridgehead atoms. The first kappa shape index (κ1) is 27.2. The van der Waals surface area contributed by atoms with Gasteiger partial charge in [0.25, 0.3) is 11.4 Å². The third-order valence-electron chi connectivity index (χ3n) is 4.25. The molecule has 0 aromatic heterocycles. The van der Waals surface area contributed by atoms with Crippen LogP contribution in [0.5, 0.6) is 0 Å². The van der Waals surface area contributed by atoms with E-state index in [2.05, 4.69) is 0 Å². The lowest BCUT2D eigenvalue weighted by molar-refractivity contribution is -0.394. The van der Waals surface area contributed by atoms with Gasteiger partial charge in [-0.25, -0.2) is 0 Å². The van der Waals surface area contributed by atoms with Gasteiger partial charge in [-0.05, 0) is 6.07 Å². The number of anilines is 2. The first-order valence-electron chi connectivity index (χ1n) is 8.13. The molecule has 0 heterocycles. The molecule has 0 radical (unpaired) electrons. The number of nitro benzene ring substituents is 2. The van der Waals surface area contributed by atoms with Crippen LogP contribution < -0.4 is 4.90 Å². The summed E-state index contributed by atoms with van der Waals surface area (Å²) in [6, 6.07) is -0.614. The lowest BCUT2D eigenvalue weighted by atomic mass is 10.0. The van der Waals surface area contributed by atoms with E-state index < -0.39 is 83.9 Å². The molecule has 0 spiro atoms. The summed E-state index contributed by atoms with van der Waals surface area (Å²) in [7, 11) is 0.427. The van der Waals surface area contributed by atoms with Crippen molar-refractivity contribution < 1.29 is 49.4 Å². The largest absolute Gasteiger partial charge is 0.418 e. The molecule has 0 fully saturated rings. The fourth-order valence-electron chi connectivity index (χ4n) is 2.86. The Labute approximate surface area is 191 Å². The molecule has 0 aliphatic rings. The molecule has 0 saturated heterocycles. The number of rotatable bonds is 4. The molecule has 2 aromatic rings. The quantitative estimate of drug-likeness (QED) is 0.224. The van der Waals surface area contributed by atoms with E-state index in [0.717, 1.165) is 0 Å². The molecule has 0 aliphatic heterocycles.